The number of benzene rings is 1. The van der Waals surface area contributed by atoms with Crippen molar-refractivity contribution in [2.75, 3.05) is 26.2 Å². The number of halogens is 1. The lowest BCUT2D eigenvalue weighted by Crippen LogP contribution is -2.42. The summed E-state index contributed by atoms with van der Waals surface area (Å²) in [7, 11) is 0. The van der Waals surface area contributed by atoms with E-state index in [1.807, 2.05) is 0 Å². The summed E-state index contributed by atoms with van der Waals surface area (Å²) >= 11 is 6.26. The van der Waals surface area contributed by atoms with Crippen molar-refractivity contribution in [3.63, 3.8) is 0 Å². The molecule has 0 radical (unpaired) electrons. The molecule has 3 N–H and O–H groups in total. The summed E-state index contributed by atoms with van der Waals surface area (Å²) in [6.07, 6.45) is 2.03. The van der Waals surface area contributed by atoms with Crippen LogP contribution in [-0.4, -0.2) is 49.0 Å². The van der Waals surface area contributed by atoms with Gasteiger partial charge < -0.3 is 20.7 Å². The minimum absolute atomic E-state index is 0.123. The smallest absolute Gasteiger partial charge is 0.251 e. The van der Waals surface area contributed by atoms with Gasteiger partial charge in [-0.3, -0.25) is 9.59 Å². The molecule has 7 heteroatoms. The average molecular weight is 382 g/mol. The van der Waals surface area contributed by atoms with Crippen LogP contribution in [0.15, 0.2) is 18.2 Å². The minimum Gasteiger partial charge on any atom is -0.489 e. The third kappa shape index (κ3) is 6.50. The van der Waals surface area contributed by atoms with Crippen molar-refractivity contribution in [3.8, 4) is 5.75 Å². The van der Waals surface area contributed by atoms with E-state index in [1.165, 1.54) is 0 Å². The Bertz CT molecular complexity index is 650. The van der Waals surface area contributed by atoms with E-state index in [0.717, 1.165) is 32.5 Å². The van der Waals surface area contributed by atoms with Crippen LogP contribution < -0.4 is 15.8 Å². The van der Waals surface area contributed by atoms with Crippen LogP contribution in [0.4, 0.5) is 0 Å². The molecule has 1 heterocycles. The van der Waals surface area contributed by atoms with Crippen molar-refractivity contribution < 1.29 is 14.3 Å². The lowest BCUT2D eigenvalue weighted by molar-refractivity contribution is -0.117. The van der Waals surface area contributed by atoms with Crippen molar-refractivity contribution in [1.82, 2.24) is 10.2 Å². The molecular formula is C19H28ClN3O3. The number of hydrogen-bond acceptors (Lipinski definition) is 4. The molecule has 2 rings (SSSR count). The fourth-order valence-electron chi connectivity index (χ4n) is 3.04. The number of rotatable bonds is 6. The number of nitrogens with zero attached hydrogens (tertiary/aromatic N) is 1. The number of carbonyl (C=O) groups excluding carboxylic acids is 2. The number of carbonyl (C=O) groups is 2. The molecule has 0 bridgehead atoms. The largest absolute Gasteiger partial charge is 0.489 e. The number of nitrogens with one attached hydrogen (secondary N) is 1. The molecule has 0 saturated carbocycles. The van der Waals surface area contributed by atoms with E-state index >= 15 is 0 Å². The van der Waals surface area contributed by atoms with Gasteiger partial charge in [0.1, 0.15) is 11.9 Å². The van der Waals surface area contributed by atoms with Gasteiger partial charge in [-0.15, -0.1) is 0 Å². The molecule has 1 aliphatic heterocycles. The Labute approximate surface area is 160 Å². The maximum absolute atomic E-state index is 11.9. The van der Waals surface area contributed by atoms with Gasteiger partial charge in [-0.05, 0) is 36.5 Å². The molecule has 26 heavy (non-hydrogen) atoms. The molecule has 0 atom stereocenters. The molecule has 1 saturated heterocycles. The lowest BCUT2D eigenvalue weighted by Gasteiger charge is -2.36. The Morgan fingerprint density at radius 1 is 1.31 bits per heavy atom. The number of amides is 2. The summed E-state index contributed by atoms with van der Waals surface area (Å²) in [5.74, 6) is -0.415. The highest BCUT2D eigenvalue weighted by Crippen LogP contribution is 2.29. The lowest BCUT2D eigenvalue weighted by atomic mass is 9.94. The fourth-order valence-corrected chi connectivity index (χ4v) is 3.27. The zero-order valence-corrected chi connectivity index (χ0v) is 16.4. The first-order chi connectivity index (χ1) is 12.1. The Morgan fingerprint density at radius 2 is 1.96 bits per heavy atom. The van der Waals surface area contributed by atoms with E-state index in [2.05, 4.69) is 31.0 Å². The van der Waals surface area contributed by atoms with Gasteiger partial charge in [0.2, 0.25) is 5.91 Å². The third-order valence-electron chi connectivity index (χ3n) is 4.14. The van der Waals surface area contributed by atoms with E-state index in [4.69, 9.17) is 22.1 Å². The Morgan fingerprint density at radius 3 is 2.50 bits per heavy atom. The van der Waals surface area contributed by atoms with E-state index in [0.29, 0.717) is 21.8 Å². The van der Waals surface area contributed by atoms with E-state index in [-0.39, 0.29) is 12.6 Å². The van der Waals surface area contributed by atoms with Gasteiger partial charge in [0.05, 0.1) is 11.6 Å². The monoisotopic (exact) mass is 381 g/mol. The molecule has 2 amide bonds. The minimum atomic E-state index is -0.595. The third-order valence-corrected chi connectivity index (χ3v) is 4.44. The molecule has 0 spiro atoms. The van der Waals surface area contributed by atoms with Gasteiger partial charge in [0, 0.05) is 25.2 Å². The van der Waals surface area contributed by atoms with Crippen molar-refractivity contribution >= 4 is 23.4 Å². The highest BCUT2D eigenvalue weighted by Gasteiger charge is 2.24. The van der Waals surface area contributed by atoms with E-state index < -0.39 is 11.8 Å². The maximum Gasteiger partial charge on any atom is 0.251 e. The van der Waals surface area contributed by atoms with Crippen LogP contribution in [0.25, 0.3) is 0 Å². The fraction of sp³-hybridized carbons (Fsp3) is 0.579. The first kappa shape index (κ1) is 20.5. The quantitative estimate of drug-likeness (QED) is 0.792. The van der Waals surface area contributed by atoms with Crippen LogP contribution in [0.2, 0.25) is 5.02 Å². The van der Waals surface area contributed by atoms with Crippen LogP contribution >= 0.6 is 11.6 Å². The van der Waals surface area contributed by atoms with Crippen molar-refractivity contribution in [1.29, 1.82) is 0 Å². The molecule has 1 aromatic rings. The second-order valence-electron chi connectivity index (χ2n) is 7.95. The van der Waals surface area contributed by atoms with E-state index in [1.54, 1.807) is 18.2 Å². The van der Waals surface area contributed by atoms with Gasteiger partial charge >= 0.3 is 0 Å². The predicted octanol–water partition coefficient (Wildman–Crippen LogP) is 2.44. The van der Waals surface area contributed by atoms with Gasteiger partial charge in [-0.1, -0.05) is 32.4 Å². The SMILES string of the molecule is CC(C)(C)CN1CCC(Oc2ccc(C(=O)NCC(N)=O)cc2Cl)CC1. The van der Waals surface area contributed by atoms with Gasteiger partial charge in [-0.2, -0.15) is 0 Å². The van der Waals surface area contributed by atoms with Gasteiger partial charge in [0.15, 0.2) is 0 Å². The number of hydrogen-bond donors (Lipinski definition) is 2. The molecule has 1 aromatic carbocycles. The number of likely N-dealkylation sites (tertiary alicyclic amines) is 1. The summed E-state index contributed by atoms with van der Waals surface area (Å²) in [6, 6.07) is 4.87. The summed E-state index contributed by atoms with van der Waals surface area (Å²) < 4.78 is 6.03. The molecular weight excluding hydrogens is 354 g/mol. The maximum atomic E-state index is 11.9. The van der Waals surface area contributed by atoms with Crippen molar-refractivity contribution in [3.05, 3.63) is 28.8 Å². The van der Waals surface area contributed by atoms with Crippen LogP contribution in [0.5, 0.6) is 5.75 Å². The zero-order chi connectivity index (χ0) is 19.3. The van der Waals surface area contributed by atoms with Crippen LogP contribution in [-0.2, 0) is 4.79 Å². The normalized spacial score (nSPS) is 16.3. The second-order valence-corrected chi connectivity index (χ2v) is 8.36. The summed E-state index contributed by atoms with van der Waals surface area (Å²) in [6.45, 7) is 9.63. The first-order valence-electron chi connectivity index (χ1n) is 8.89. The number of primary amides is 1. The second kappa shape index (κ2) is 8.73. The topological polar surface area (TPSA) is 84.7 Å². The highest BCUT2D eigenvalue weighted by atomic mass is 35.5. The standard InChI is InChI=1S/C19H28ClN3O3/c1-19(2,3)12-23-8-6-14(7-9-23)26-16-5-4-13(10-15(16)20)18(25)22-11-17(21)24/h4-5,10,14H,6-9,11-12H2,1-3H3,(H2,21,24)(H,22,25). The molecule has 0 aliphatic carbocycles. The number of piperidine rings is 1. The van der Waals surface area contributed by atoms with E-state index in [9.17, 15) is 9.59 Å². The molecule has 1 aliphatic rings. The van der Waals surface area contributed by atoms with Crippen molar-refractivity contribution in [2.45, 2.75) is 39.7 Å². The Balaban J connectivity index is 1.89. The van der Waals surface area contributed by atoms with Crippen LogP contribution in [0.1, 0.15) is 44.0 Å². The van der Waals surface area contributed by atoms with Crippen LogP contribution in [0, 0.1) is 5.41 Å². The molecule has 6 nitrogen and oxygen atoms in total. The number of ether oxygens (including phenoxy) is 1. The molecule has 0 aromatic heterocycles. The molecule has 144 valence electrons. The van der Waals surface area contributed by atoms with Gasteiger partial charge in [-0.25, -0.2) is 0 Å². The summed E-state index contributed by atoms with van der Waals surface area (Å²) in [5.41, 5.74) is 5.68. The van der Waals surface area contributed by atoms with Crippen molar-refractivity contribution in [2.24, 2.45) is 11.1 Å². The summed E-state index contributed by atoms with van der Waals surface area (Å²) in [4.78, 5) is 25.1. The van der Waals surface area contributed by atoms with Gasteiger partial charge in [0.25, 0.3) is 5.91 Å². The predicted molar refractivity (Wildman–Crippen MR) is 103 cm³/mol. The van der Waals surface area contributed by atoms with Crippen LogP contribution in [0.3, 0.4) is 0 Å². The Kier molecular flexibility index (Phi) is 6.89. The zero-order valence-electron chi connectivity index (χ0n) is 15.7. The highest BCUT2D eigenvalue weighted by molar-refractivity contribution is 6.32. The average Bonchev–Trinajstić information content (AvgIpc) is 2.54. The number of nitrogens with two attached hydrogens (primary N) is 1. The summed E-state index contributed by atoms with van der Waals surface area (Å²) in [5, 5.41) is 2.81. The molecule has 1 fully saturated rings. The Hall–Kier alpha value is -1.79. The molecule has 0 unspecified atom stereocenters. The first-order valence-corrected chi connectivity index (χ1v) is 9.27.